The zero-order chi connectivity index (χ0) is 10.4. The molecular weight excluding hydrogens is 198 g/mol. The highest BCUT2D eigenvalue weighted by Gasteiger charge is 2.09. The van der Waals surface area contributed by atoms with Gasteiger partial charge in [-0.05, 0) is 24.1 Å². The Hall–Kier alpha value is -0.883. The Morgan fingerprint density at radius 3 is 2.57 bits per heavy atom. The van der Waals surface area contributed by atoms with E-state index in [2.05, 4.69) is 4.43 Å². The third-order valence-corrected chi connectivity index (χ3v) is 2.57. The van der Waals surface area contributed by atoms with Crippen molar-refractivity contribution in [2.45, 2.75) is 6.42 Å². The van der Waals surface area contributed by atoms with E-state index in [4.69, 9.17) is 15.0 Å². The minimum Gasteiger partial charge on any atom is -0.399 e. The molecule has 0 aliphatic rings. The van der Waals surface area contributed by atoms with E-state index in [-0.39, 0.29) is 0 Å². The van der Waals surface area contributed by atoms with Gasteiger partial charge < -0.3 is 19.4 Å². The third-order valence-electron chi connectivity index (χ3n) is 1.77. The molecule has 14 heavy (non-hydrogen) atoms. The van der Waals surface area contributed by atoms with Gasteiger partial charge in [0.25, 0.3) is 0 Å². The Balaban J connectivity index is 2.28. The van der Waals surface area contributed by atoms with Crippen molar-refractivity contribution < 1.29 is 13.6 Å². The number of benzene rings is 1. The highest BCUT2D eigenvalue weighted by molar-refractivity contribution is 6.34. The lowest BCUT2D eigenvalue weighted by Crippen LogP contribution is -2.21. The molecule has 3 N–H and O–H groups in total. The van der Waals surface area contributed by atoms with Gasteiger partial charge in [0.05, 0.1) is 0 Å². The van der Waals surface area contributed by atoms with Crippen molar-refractivity contribution in [2.75, 3.05) is 19.5 Å². The van der Waals surface area contributed by atoms with Crippen molar-refractivity contribution in [3.05, 3.63) is 29.8 Å². The molecule has 0 bridgehead atoms. The standard InChI is InChI=1S/C9H14NO3Si/c1-12-14(11)13-7-6-8-2-4-9(10)5-3-8/h2-5,11H,6-7,10H2,1H3. The Kier molecular flexibility index (Phi) is 4.61. The summed E-state index contributed by atoms with van der Waals surface area (Å²) in [5, 5.41) is 0. The van der Waals surface area contributed by atoms with Crippen LogP contribution < -0.4 is 5.73 Å². The van der Waals surface area contributed by atoms with E-state index in [9.17, 15) is 0 Å². The van der Waals surface area contributed by atoms with Crippen molar-refractivity contribution >= 4 is 15.2 Å². The van der Waals surface area contributed by atoms with Gasteiger partial charge in [-0.3, -0.25) is 0 Å². The smallest absolute Gasteiger partial charge is 0.399 e. The molecule has 1 rings (SSSR count). The normalized spacial score (nSPS) is 10.8. The van der Waals surface area contributed by atoms with E-state index < -0.39 is 9.53 Å². The molecular formula is C9H14NO3Si. The minimum atomic E-state index is -2.03. The summed E-state index contributed by atoms with van der Waals surface area (Å²) in [7, 11) is -0.603. The van der Waals surface area contributed by atoms with Crippen LogP contribution in [0.15, 0.2) is 24.3 Å². The predicted molar refractivity (Wildman–Crippen MR) is 55.5 cm³/mol. The van der Waals surface area contributed by atoms with Crippen LogP contribution in [0.5, 0.6) is 0 Å². The first-order valence-corrected chi connectivity index (χ1v) is 5.56. The van der Waals surface area contributed by atoms with Gasteiger partial charge in [-0.1, -0.05) is 12.1 Å². The highest BCUT2D eigenvalue weighted by atomic mass is 28.3. The lowest BCUT2D eigenvalue weighted by molar-refractivity contribution is 0.161. The van der Waals surface area contributed by atoms with Gasteiger partial charge in [-0.15, -0.1) is 0 Å². The molecule has 77 valence electrons. The second kappa shape index (κ2) is 5.76. The topological polar surface area (TPSA) is 64.7 Å². The van der Waals surface area contributed by atoms with Crippen molar-refractivity contribution in [3.8, 4) is 0 Å². The Labute approximate surface area is 85.2 Å². The maximum absolute atomic E-state index is 9.02. The van der Waals surface area contributed by atoms with E-state index in [1.807, 2.05) is 24.3 Å². The number of nitrogens with two attached hydrogens (primary N) is 1. The van der Waals surface area contributed by atoms with E-state index in [1.165, 1.54) is 7.11 Å². The maximum Gasteiger partial charge on any atom is 0.574 e. The highest BCUT2D eigenvalue weighted by Crippen LogP contribution is 2.06. The molecule has 0 saturated heterocycles. The minimum absolute atomic E-state index is 0.461. The van der Waals surface area contributed by atoms with Crippen LogP contribution in [0.1, 0.15) is 5.56 Å². The number of hydrogen-bond acceptors (Lipinski definition) is 4. The lowest BCUT2D eigenvalue weighted by Gasteiger charge is -2.05. The van der Waals surface area contributed by atoms with Crippen LogP contribution in [-0.4, -0.2) is 28.0 Å². The Morgan fingerprint density at radius 2 is 2.00 bits per heavy atom. The Morgan fingerprint density at radius 1 is 1.36 bits per heavy atom. The summed E-state index contributed by atoms with van der Waals surface area (Å²) >= 11 is 0. The number of rotatable bonds is 5. The fourth-order valence-corrected chi connectivity index (χ4v) is 1.39. The van der Waals surface area contributed by atoms with Crippen LogP contribution in [0.2, 0.25) is 0 Å². The van der Waals surface area contributed by atoms with Crippen molar-refractivity contribution in [3.63, 3.8) is 0 Å². The molecule has 0 fully saturated rings. The average molecular weight is 212 g/mol. The molecule has 0 atom stereocenters. The summed E-state index contributed by atoms with van der Waals surface area (Å²) in [4.78, 5) is 9.02. The van der Waals surface area contributed by atoms with Gasteiger partial charge in [0.2, 0.25) is 0 Å². The molecule has 0 heterocycles. The summed E-state index contributed by atoms with van der Waals surface area (Å²) in [5.74, 6) is 0. The van der Waals surface area contributed by atoms with Crippen molar-refractivity contribution in [2.24, 2.45) is 0 Å². The van der Waals surface area contributed by atoms with Crippen LogP contribution in [-0.2, 0) is 15.3 Å². The number of hydrogen-bond donors (Lipinski definition) is 2. The third kappa shape index (κ3) is 3.88. The van der Waals surface area contributed by atoms with Gasteiger partial charge in [-0.25, -0.2) is 0 Å². The number of nitrogen functional groups attached to an aromatic ring is 1. The molecule has 0 unspecified atom stereocenters. The van der Waals surface area contributed by atoms with Crippen LogP contribution in [0, 0.1) is 0 Å². The van der Waals surface area contributed by atoms with E-state index in [0.717, 1.165) is 17.7 Å². The second-order valence-corrected chi connectivity index (χ2v) is 4.04. The summed E-state index contributed by atoms with van der Waals surface area (Å²) in [6.45, 7) is 0.461. The first-order chi connectivity index (χ1) is 6.72. The van der Waals surface area contributed by atoms with Gasteiger partial charge in [0.15, 0.2) is 0 Å². The molecule has 0 amide bonds. The first-order valence-electron chi connectivity index (χ1n) is 4.29. The lowest BCUT2D eigenvalue weighted by atomic mass is 10.1. The summed E-state index contributed by atoms with van der Waals surface area (Å²) in [6, 6.07) is 7.57. The van der Waals surface area contributed by atoms with Gasteiger partial charge >= 0.3 is 9.53 Å². The molecule has 0 aliphatic carbocycles. The largest absolute Gasteiger partial charge is 0.574 e. The van der Waals surface area contributed by atoms with Gasteiger partial charge in [0, 0.05) is 19.4 Å². The van der Waals surface area contributed by atoms with E-state index in [0.29, 0.717) is 6.61 Å². The molecule has 1 radical (unpaired) electrons. The molecule has 0 aliphatic heterocycles. The average Bonchev–Trinajstić information content (AvgIpc) is 2.21. The SMILES string of the molecule is CO[Si](O)OCCc1ccc(N)cc1. The van der Waals surface area contributed by atoms with Crippen molar-refractivity contribution in [1.82, 2.24) is 0 Å². The monoisotopic (exact) mass is 212 g/mol. The van der Waals surface area contributed by atoms with E-state index >= 15 is 0 Å². The summed E-state index contributed by atoms with van der Waals surface area (Å²) in [6.07, 6.45) is 0.748. The van der Waals surface area contributed by atoms with E-state index in [1.54, 1.807) is 0 Å². The van der Waals surface area contributed by atoms with Crippen LogP contribution in [0.3, 0.4) is 0 Å². The fourth-order valence-electron chi connectivity index (χ4n) is 0.999. The summed E-state index contributed by atoms with van der Waals surface area (Å²) in [5.41, 5.74) is 7.42. The first kappa shape index (κ1) is 11.2. The second-order valence-electron chi connectivity index (χ2n) is 2.81. The van der Waals surface area contributed by atoms with Crippen LogP contribution in [0.25, 0.3) is 0 Å². The quantitative estimate of drug-likeness (QED) is 0.549. The molecule has 4 nitrogen and oxygen atoms in total. The van der Waals surface area contributed by atoms with Gasteiger partial charge in [-0.2, -0.15) is 0 Å². The number of anilines is 1. The van der Waals surface area contributed by atoms with Crippen molar-refractivity contribution in [1.29, 1.82) is 0 Å². The molecule has 1 aromatic carbocycles. The zero-order valence-electron chi connectivity index (χ0n) is 8.06. The molecule has 0 aromatic heterocycles. The molecule has 5 heteroatoms. The van der Waals surface area contributed by atoms with Crippen LogP contribution >= 0.6 is 0 Å². The molecule has 0 spiro atoms. The maximum atomic E-state index is 9.02. The molecule has 0 saturated carbocycles. The predicted octanol–water partition coefficient (Wildman–Crippen LogP) is 0.451. The fraction of sp³-hybridized carbons (Fsp3) is 0.333. The Bertz CT molecular complexity index is 265. The molecule has 1 aromatic rings. The van der Waals surface area contributed by atoms with Crippen LogP contribution in [0.4, 0.5) is 5.69 Å². The van der Waals surface area contributed by atoms with Gasteiger partial charge in [0.1, 0.15) is 0 Å². The zero-order valence-corrected chi connectivity index (χ0v) is 9.06. The summed E-state index contributed by atoms with van der Waals surface area (Å²) < 4.78 is 9.65.